The minimum Gasteiger partial charge on any atom is -0.368 e. The molecule has 2 N–H and O–H groups in total. The first-order chi connectivity index (χ1) is 9.52. The van der Waals surface area contributed by atoms with Gasteiger partial charge in [-0.3, -0.25) is 4.68 Å². The summed E-state index contributed by atoms with van der Waals surface area (Å²) in [6.45, 7) is 6.30. The van der Waals surface area contributed by atoms with Crippen LogP contribution in [0.4, 0.5) is 11.8 Å². The van der Waals surface area contributed by atoms with E-state index in [0.717, 1.165) is 35.9 Å². The maximum absolute atomic E-state index is 5.88. The van der Waals surface area contributed by atoms with E-state index in [0.29, 0.717) is 11.9 Å². The molecule has 0 saturated carbocycles. The lowest BCUT2D eigenvalue weighted by Gasteiger charge is -2.17. The lowest BCUT2D eigenvalue weighted by molar-refractivity contribution is 0.659. The minimum atomic E-state index is 0.320. The number of aryl methyl sites for hydroxylation is 2. The van der Waals surface area contributed by atoms with Crippen LogP contribution in [0.25, 0.3) is 11.3 Å². The van der Waals surface area contributed by atoms with Crippen molar-refractivity contribution in [3.05, 3.63) is 18.0 Å². The van der Waals surface area contributed by atoms with Gasteiger partial charge in [-0.05, 0) is 19.3 Å². The smallest absolute Gasteiger partial charge is 0.222 e. The summed E-state index contributed by atoms with van der Waals surface area (Å²) in [7, 11) is 1.91. The van der Waals surface area contributed by atoms with Crippen LogP contribution in [0.1, 0.15) is 19.0 Å². The van der Waals surface area contributed by atoms with Crippen LogP contribution in [0.15, 0.2) is 12.3 Å². The van der Waals surface area contributed by atoms with E-state index in [1.54, 1.807) is 4.68 Å². The van der Waals surface area contributed by atoms with Crippen LogP contribution < -0.4 is 10.6 Å². The van der Waals surface area contributed by atoms with Gasteiger partial charge in [0.05, 0.1) is 11.4 Å². The quantitative estimate of drug-likeness (QED) is 0.899. The maximum Gasteiger partial charge on any atom is 0.222 e. The molecular weight excluding hydrogens is 252 g/mol. The van der Waals surface area contributed by atoms with Crippen LogP contribution in [0.5, 0.6) is 0 Å². The Kier molecular flexibility index (Phi) is 3.08. The van der Waals surface area contributed by atoms with Gasteiger partial charge in [0.15, 0.2) is 0 Å². The van der Waals surface area contributed by atoms with Crippen molar-refractivity contribution in [3.63, 3.8) is 0 Å². The van der Waals surface area contributed by atoms with Gasteiger partial charge < -0.3 is 10.6 Å². The highest BCUT2D eigenvalue weighted by atomic mass is 15.3. The number of rotatable bonds is 2. The molecule has 0 aliphatic carbocycles. The summed E-state index contributed by atoms with van der Waals surface area (Å²) < 4.78 is 1.79. The number of hydrogen-bond donors (Lipinski definition) is 1. The molecule has 2 aromatic heterocycles. The molecule has 0 bridgehead atoms. The molecule has 0 amide bonds. The predicted octanol–water partition coefficient (Wildman–Crippen LogP) is 1.61. The normalized spacial score (nSPS) is 18.8. The monoisotopic (exact) mass is 272 g/mol. The van der Waals surface area contributed by atoms with Crippen molar-refractivity contribution in [1.29, 1.82) is 0 Å². The Morgan fingerprint density at radius 2 is 2.15 bits per heavy atom. The summed E-state index contributed by atoms with van der Waals surface area (Å²) >= 11 is 0. The number of nitrogen functional groups attached to an aromatic ring is 1. The van der Waals surface area contributed by atoms with E-state index in [-0.39, 0.29) is 0 Å². The van der Waals surface area contributed by atoms with E-state index in [4.69, 9.17) is 5.73 Å². The van der Waals surface area contributed by atoms with Gasteiger partial charge >= 0.3 is 0 Å². The third kappa shape index (κ3) is 2.33. The molecule has 1 atom stereocenters. The molecule has 1 aliphatic rings. The summed E-state index contributed by atoms with van der Waals surface area (Å²) in [6, 6.07) is 2.01. The Balaban J connectivity index is 2.00. The number of nitrogens with two attached hydrogens (primary N) is 1. The Hall–Kier alpha value is -2.11. The van der Waals surface area contributed by atoms with Gasteiger partial charge in [-0.15, -0.1) is 0 Å². The van der Waals surface area contributed by atoms with Gasteiger partial charge in [-0.25, -0.2) is 4.98 Å². The first kappa shape index (κ1) is 12.9. The van der Waals surface area contributed by atoms with Crippen molar-refractivity contribution >= 4 is 11.8 Å². The highest BCUT2D eigenvalue weighted by molar-refractivity contribution is 5.66. The topological polar surface area (TPSA) is 72.9 Å². The fourth-order valence-corrected chi connectivity index (χ4v) is 2.75. The molecule has 20 heavy (non-hydrogen) atoms. The predicted molar refractivity (Wildman–Crippen MR) is 79.4 cm³/mol. The summed E-state index contributed by atoms with van der Waals surface area (Å²) in [5.41, 5.74) is 8.68. The lowest BCUT2D eigenvalue weighted by Crippen LogP contribution is -2.21. The van der Waals surface area contributed by atoms with Gasteiger partial charge in [0.1, 0.15) is 5.82 Å². The van der Waals surface area contributed by atoms with Crippen LogP contribution in [-0.4, -0.2) is 32.8 Å². The standard InChI is InChI=1S/C14H20N6/c1-9-4-5-20(7-9)13-6-12(16-14(15)17-13)11-8-19(3)18-10(11)2/h6,8-9H,4-5,7H2,1-3H3,(H2,15,16,17). The number of nitrogens with zero attached hydrogens (tertiary/aromatic N) is 5. The minimum absolute atomic E-state index is 0.320. The fourth-order valence-electron chi connectivity index (χ4n) is 2.75. The van der Waals surface area contributed by atoms with Gasteiger partial charge in [-0.1, -0.05) is 6.92 Å². The van der Waals surface area contributed by atoms with Crippen molar-refractivity contribution in [3.8, 4) is 11.3 Å². The van der Waals surface area contributed by atoms with Crippen LogP contribution in [-0.2, 0) is 7.05 Å². The van der Waals surface area contributed by atoms with E-state index in [2.05, 4.69) is 26.9 Å². The molecule has 3 heterocycles. The SMILES string of the molecule is Cc1nn(C)cc1-c1cc(N2CCC(C)C2)nc(N)n1. The Bertz CT molecular complexity index is 633. The zero-order chi connectivity index (χ0) is 14.3. The van der Waals surface area contributed by atoms with Crippen LogP contribution in [0.3, 0.4) is 0 Å². The molecule has 6 heteroatoms. The van der Waals surface area contributed by atoms with Crippen LogP contribution in [0, 0.1) is 12.8 Å². The largest absolute Gasteiger partial charge is 0.368 e. The molecule has 3 rings (SSSR count). The Morgan fingerprint density at radius 1 is 1.35 bits per heavy atom. The average Bonchev–Trinajstić information content (AvgIpc) is 2.94. The van der Waals surface area contributed by atoms with E-state index in [9.17, 15) is 0 Å². The second-order valence-corrected chi connectivity index (χ2v) is 5.61. The van der Waals surface area contributed by atoms with E-state index >= 15 is 0 Å². The van der Waals surface area contributed by atoms with Gasteiger partial charge in [0.2, 0.25) is 5.95 Å². The van der Waals surface area contributed by atoms with E-state index < -0.39 is 0 Å². The van der Waals surface area contributed by atoms with Crippen LogP contribution >= 0.6 is 0 Å². The lowest BCUT2D eigenvalue weighted by atomic mass is 10.2. The third-order valence-corrected chi connectivity index (χ3v) is 3.77. The number of hydrogen-bond acceptors (Lipinski definition) is 5. The molecule has 1 fully saturated rings. The average molecular weight is 272 g/mol. The Labute approximate surface area is 118 Å². The van der Waals surface area contributed by atoms with Crippen molar-refractivity contribution in [1.82, 2.24) is 19.7 Å². The Morgan fingerprint density at radius 3 is 2.75 bits per heavy atom. The molecule has 0 aromatic carbocycles. The summed E-state index contributed by atoms with van der Waals surface area (Å²) in [5.74, 6) is 1.94. The zero-order valence-electron chi connectivity index (χ0n) is 12.2. The molecular formula is C14H20N6. The van der Waals surface area contributed by atoms with Crippen molar-refractivity contribution in [2.45, 2.75) is 20.3 Å². The summed E-state index contributed by atoms with van der Waals surface area (Å²) in [4.78, 5) is 11.0. The van der Waals surface area contributed by atoms with E-state index in [1.807, 2.05) is 26.2 Å². The molecule has 1 aliphatic heterocycles. The highest BCUT2D eigenvalue weighted by Crippen LogP contribution is 2.27. The first-order valence-corrected chi connectivity index (χ1v) is 6.93. The zero-order valence-corrected chi connectivity index (χ0v) is 12.2. The van der Waals surface area contributed by atoms with Crippen molar-refractivity contribution < 1.29 is 0 Å². The number of anilines is 2. The molecule has 6 nitrogen and oxygen atoms in total. The number of aromatic nitrogens is 4. The van der Waals surface area contributed by atoms with Crippen LogP contribution in [0.2, 0.25) is 0 Å². The third-order valence-electron chi connectivity index (χ3n) is 3.77. The van der Waals surface area contributed by atoms with Crippen molar-refractivity contribution in [2.75, 3.05) is 23.7 Å². The maximum atomic E-state index is 5.88. The molecule has 2 aromatic rings. The van der Waals surface area contributed by atoms with Crippen molar-refractivity contribution in [2.24, 2.45) is 13.0 Å². The summed E-state index contributed by atoms with van der Waals surface area (Å²) in [6.07, 6.45) is 3.17. The second kappa shape index (κ2) is 4.77. The molecule has 106 valence electrons. The molecule has 0 spiro atoms. The van der Waals surface area contributed by atoms with Gasteiger partial charge in [-0.2, -0.15) is 10.1 Å². The first-order valence-electron chi connectivity index (χ1n) is 6.93. The summed E-state index contributed by atoms with van der Waals surface area (Å²) in [5, 5.41) is 4.36. The highest BCUT2D eigenvalue weighted by Gasteiger charge is 2.21. The van der Waals surface area contributed by atoms with Gasteiger partial charge in [0, 0.05) is 38.0 Å². The van der Waals surface area contributed by atoms with E-state index in [1.165, 1.54) is 6.42 Å². The molecule has 1 saturated heterocycles. The molecule has 0 radical (unpaired) electrons. The fraction of sp³-hybridized carbons (Fsp3) is 0.500. The molecule has 1 unspecified atom stereocenters. The second-order valence-electron chi connectivity index (χ2n) is 5.61. The van der Waals surface area contributed by atoms with Gasteiger partial charge in [0.25, 0.3) is 0 Å².